The minimum absolute atomic E-state index is 0.178. The fourth-order valence-corrected chi connectivity index (χ4v) is 0.540. The topological polar surface area (TPSA) is 52.3 Å². The van der Waals surface area contributed by atoms with Crippen LogP contribution in [0, 0.1) is 0 Å². The van der Waals surface area contributed by atoms with Crippen LogP contribution in [0.2, 0.25) is 0 Å². The lowest BCUT2D eigenvalue weighted by atomic mass is 10.4. The average Bonchev–Trinajstić information content (AvgIpc) is 1.63. The molecule has 0 saturated heterocycles. The molecule has 4 heteroatoms. The number of rotatable bonds is 3. The standard InChI is InChI=1S/C5H11NO2S/c1-2-8-5(7)3-4(6)9/h4,9H,2-3,6H2,1H3. The molecule has 0 spiro atoms. The molecular weight excluding hydrogens is 138 g/mol. The lowest BCUT2D eigenvalue weighted by molar-refractivity contribution is -0.143. The summed E-state index contributed by atoms with van der Waals surface area (Å²) in [6.07, 6.45) is 0.178. The summed E-state index contributed by atoms with van der Waals surface area (Å²) in [5, 5.41) is -0.399. The molecule has 0 saturated carbocycles. The second-order valence-electron chi connectivity index (χ2n) is 1.58. The van der Waals surface area contributed by atoms with Crippen LogP contribution in [0.4, 0.5) is 0 Å². The van der Waals surface area contributed by atoms with E-state index in [2.05, 4.69) is 17.4 Å². The van der Waals surface area contributed by atoms with E-state index in [4.69, 9.17) is 5.73 Å². The van der Waals surface area contributed by atoms with E-state index in [9.17, 15) is 4.79 Å². The zero-order valence-corrected chi connectivity index (χ0v) is 6.23. The van der Waals surface area contributed by atoms with Gasteiger partial charge in [0, 0.05) is 0 Å². The first-order valence-corrected chi connectivity index (χ1v) is 3.27. The maximum absolute atomic E-state index is 10.5. The number of esters is 1. The summed E-state index contributed by atoms with van der Waals surface area (Å²) in [5.74, 6) is -0.292. The highest BCUT2D eigenvalue weighted by Crippen LogP contribution is 1.94. The summed E-state index contributed by atoms with van der Waals surface area (Å²) < 4.78 is 4.58. The number of hydrogen-bond donors (Lipinski definition) is 2. The molecule has 54 valence electrons. The van der Waals surface area contributed by atoms with Crippen LogP contribution >= 0.6 is 12.6 Å². The van der Waals surface area contributed by atoms with Gasteiger partial charge >= 0.3 is 5.97 Å². The van der Waals surface area contributed by atoms with Gasteiger partial charge in [-0.2, -0.15) is 12.6 Å². The SMILES string of the molecule is CCOC(=O)CC(N)S. The molecule has 0 aromatic heterocycles. The van der Waals surface area contributed by atoms with Crippen LogP contribution in [0.25, 0.3) is 0 Å². The molecule has 0 fully saturated rings. The van der Waals surface area contributed by atoms with E-state index < -0.39 is 5.37 Å². The number of nitrogens with two attached hydrogens (primary N) is 1. The Bertz CT molecular complexity index is 95.0. The molecule has 2 N–H and O–H groups in total. The predicted octanol–water partition coefficient (Wildman–Crippen LogP) is 0.154. The molecular formula is C5H11NO2S. The highest BCUT2D eigenvalue weighted by molar-refractivity contribution is 7.80. The van der Waals surface area contributed by atoms with Crippen molar-refractivity contribution in [3.63, 3.8) is 0 Å². The molecule has 0 radical (unpaired) electrons. The number of hydrogen-bond acceptors (Lipinski definition) is 4. The molecule has 1 unspecified atom stereocenters. The van der Waals surface area contributed by atoms with E-state index in [-0.39, 0.29) is 12.4 Å². The maximum atomic E-state index is 10.5. The van der Waals surface area contributed by atoms with Gasteiger partial charge in [-0.1, -0.05) is 0 Å². The van der Waals surface area contributed by atoms with E-state index in [1.807, 2.05) is 0 Å². The molecule has 0 heterocycles. The van der Waals surface area contributed by atoms with Gasteiger partial charge in [-0.25, -0.2) is 0 Å². The van der Waals surface area contributed by atoms with E-state index in [1.54, 1.807) is 6.92 Å². The van der Waals surface area contributed by atoms with Gasteiger partial charge in [0.1, 0.15) is 0 Å². The number of carbonyl (C=O) groups is 1. The predicted molar refractivity (Wildman–Crippen MR) is 38.2 cm³/mol. The van der Waals surface area contributed by atoms with Gasteiger partial charge in [-0.3, -0.25) is 4.79 Å². The Morgan fingerprint density at radius 3 is 2.78 bits per heavy atom. The number of thiol groups is 1. The molecule has 0 aliphatic rings. The summed E-state index contributed by atoms with van der Waals surface area (Å²) in [5.41, 5.74) is 5.19. The summed E-state index contributed by atoms with van der Waals surface area (Å²) in [4.78, 5) is 10.5. The normalized spacial score (nSPS) is 12.8. The zero-order valence-electron chi connectivity index (χ0n) is 5.33. The Morgan fingerprint density at radius 1 is 1.89 bits per heavy atom. The Morgan fingerprint density at radius 2 is 2.44 bits per heavy atom. The van der Waals surface area contributed by atoms with E-state index in [0.717, 1.165) is 0 Å². The first-order valence-electron chi connectivity index (χ1n) is 2.76. The van der Waals surface area contributed by atoms with Crippen LogP contribution in [0.1, 0.15) is 13.3 Å². The zero-order chi connectivity index (χ0) is 7.28. The second-order valence-corrected chi connectivity index (χ2v) is 2.24. The van der Waals surface area contributed by atoms with Crippen LogP contribution in [0.15, 0.2) is 0 Å². The Hall–Kier alpha value is -0.220. The molecule has 0 amide bonds. The van der Waals surface area contributed by atoms with Crippen molar-refractivity contribution in [1.29, 1.82) is 0 Å². The third-order valence-electron chi connectivity index (χ3n) is 0.681. The Kier molecular flexibility index (Phi) is 4.53. The number of carbonyl (C=O) groups excluding carboxylic acids is 1. The summed E-state index contributed by atoms with van der Waals surface area (Å²) in [6.45, 7) is 2.15. The monoisotopic (exact) mass is 149 g/mol. The Balaban J connectivity index is 3.27. The lowest BCUT2D eigenvalue weighted by Gasteiger charge is -2.02. The van der Waals surface area contributed by atoms with Gasteiger partial charge in [0.25, 0.3) is 0 Å². The molecule has 0 aromatic carbocycles. The molecule has 0 aliphatic carbocycles. The average molecular weight is 149 g/mol. The van der Waals surface area contributed by atoms with Crippen LogP contribution in [-0.2, 0) is 9.53 Å². The smallest absolute Gasteiger partial charge is 0.308 e. The van der Waals surface area contributed by atoms with Crippen molar-refractivity contribution in [2.45, 2.75) is 18.7 Å². The van der Waals surface area contributed by atoms with Crippen molar-refractivity contribution in [2.24, 2.45) is 5.73 Å². The molecule has 0 bridgehead atoms. The van der Waals surface area contributed by atoms with E-state index >= 15 is 0 Å². The molecule has 9 heavy (non-hydrogen) atoms. The van der Waals surface area contributed by atoms with Crippen LogP contribution < -0.4 is 5.73 Å². The van der Waals surface area contributed by atoms with Crippen molar-refractivity contribution in [2.75, 3.05) is 6.61 Å². The van der Waals surface area contributed by atoms with Gasteiger partial charge in [-0.05, 0) is 6.92 Å². The lowest BCUT2D eigenvalue weighted by Crippen LogP contribution is -2.18. The van der Waals surface area contributed by atoms with Gasteiger partial charge in [0.15, 0.2) is 0 Å². The fraction of sp³-hybridized carbons (Fsp3) is 0.800. The quantitative estimate of drug-likeness (QED) is 0.341. The molecule has 0 aliphatic heterocycles. The Labute approximate surface area is 60.0 Å². The first kappa shape index (κ1) is 8.78. The summed E-state index contributed by atoms with van der Waals surface area (Å²) in [7, 11) is 0. The minimum Gasteiger partial charge on any atom is -0.466 e. The van der Waals surface area contributed by atoms with Crippen molar-refractivity contribution < 1.29 is 9.53 Å². The minimum atomic E-state index is -0.399. The fourth-order valence-electron chi connectivity index (χ4n) is 0.391. The van der Waals surface area contributed by atoms with Crippen molar-refractivity contribution in [3.05, 3.63) is 0 Å². The van der Waals surface area contributed by atoms with Crippen LogP contribution in [-0.4, -0.2) is 18.0 Å². The largest absolute Gasteiger partial charge is 0.466 e. The van der Waals surface area contributed by atoms with Crippen LogP contribution in [0.3, 0.4) is 0 Å². The summed E-state index contributed by atoms with van der Waals surface area (Å²) in [6, 6.07) is 0. The van der Waals surface area contributed by atoms with Gasteiger partial charge in [0.2, 0.25) is 0 Å². The summed E-state index contributed by atoms with van der Waals surface area (Å²) >= 11 is 3.81. The third-order valence-corrected chi connectivity index (χ3v) is 0.864. The third kappa shape index (κ3) is 5.65. The van der Waals surface area contributed by atoms with E-state index in [1.165, 1.54) is 0 Å². The van der Waals surface area contributed by atoms with Crippen molar-refractivity contribution in [1.82, 2.24) is 0 Å². The van der Waals surface area contributed by atoms with Crippen LogP contribution in [0.5, 0.6) is 0 Å². The molecule has 3 nitrogen and oxygen atoms in total. The van der Waals surface area contributed by atoms with Gasteiger partial charge in [-0.15, -0.1) is 0 Å². The van der Waals surface area contributed by atoms with E-state index in [0.29, 0.717) is 6.61 Å². The van der Waals surface area contributed by atoms with Crippen molar-refractivity contribution in [3.8, 4) is 0 Å². The molecule has 0 rings (SSSR count). The maximum Gasteiger partial charge on any atom is 0.308 e. The molecule has 0 aromatic rings. The number of ether oxygens (including phenoxy) is 1. The van der Waals surface area contributed by atoms with Crippen molar-refractivity contribution >= 4 is 18.6 Å². The highest BCUT2D eigenvalue weighted by Gasteiger charge is 2.04. The highest BCUT2D eigenvalue weighted by atomic mass is 32.1. The van der Waals surface area contributed by atoms with Gasteiger partial charge < -0.3 is 10.5 Å². The first-order chi connectivity index (χ1) is 4.16. The second kappa shape index (κ2) is 4.64. The van der Waals surface area contributed by atoms with Gasteiger partial charge in [0.05, 0.1) is 18.4 Å². The molecule has 1 atom stereocenters.